The zero-order chi connectivity index (χ0) is 12.2. The lowest BCUT2D eigenvalue weighted by Crippen LogP contribution is -2.28. The Hall–Kier alpha value is -1.40. The number of benzene rings is 1. The Morgan fingerprint density at radius 2 is 2.12 bits per heavy atom. The molecule has 0 saturated carbocycles. The molecule has 0 aliphatic heterocycles. The number of hydrogen-bond donors (Lipinski definition) is 1. The molecule has 1 aromatic carbocycles. The highest BCUT2D eigenvalue weighted by Crippen LogP contribution is 2.65. The van der Waals surface area contributed by atoms with E-state index in [4.69, 9.17) is 0 Å². The molecule has 2 nitrogen and oxygen atoms in total. The summed E-state index contributed by atoms with van der Waals surface area (Å²) in [6.07, 6.45) is 6.33. The lowest BCUT2D eigenvalue weighted by Gasteiger charge is -1.99. The summed E-state index contributed by atoms with van der Waals surface area (Å²) < 4.78 is 1.98. The van der Waals surface area contributed by atoms with Crippen LogP contribution < -0.4 is 4.68 Å². The molecule has 0 saturated heterocycles. The van der Waals surface area contributed by atoms with Crippen molar-refractivity contribution in [1.29, 1.82) is 0 Å². The van der Waals surface area contributed by atoms with E-state index in [9.17, 15) is 0 Å². The van der Waals surface area contributed by atoms with Gasteiger partial charge in [0.15, 0.2) is 18.4 Å². The molecular formula is C14H17N2P+2. The van der Waals surface area contributed by atoms with Gasteiger partial charge in [0.1, 0.15) is 5.69 Å². The molecule has 1 aliphatic carbocycles. The molecule has 3 rings (SSSR count). The fourth-order valence-corrected chi connectivity index (χ4v) is 3.75. The van der Waals surface area contributed by atoms with Crippen LogP contribution in [0.3, 0.4) is 0 Å². The van der Waals surface area contributed by atoms with Gasteiger partial charge in [0.2, 0.25) is 0 Å². The van der Waals surface area contributed by atoms with Crippen molar-refractivity contribution >= 4 is 13.8 Å². The molecule has 1 aliphatic rings. The highest BCUT2D eigenvalue weighted by atomic mass is 31.1. The average Bonchev–Trinajstić information content (AvgIpc) is 2.70. The van der Waals surface area contributed by atoms with Crippen LogP contribution in [0.5, 0.6) is 0 Å². The molecule has 0 spiro atoms. The minimum Gasteiger partial charge on any atom is -0.165 e. The van der Waals surface area contributed by atoms with Gasteiger partial charge in [-0.1, -0.05) is 18.2 Å². The Morgan fingerprint density at radius 1 is 1.35 bits per heavy atom. The summed E-state index contributed by atoms with van der Waals surface area (Å²) in [4.78, 5) is 0. The number of aromatic amines is 1. The fraction of sp³-hybridized carbons (Fsp3) is 0.286. The molecule has 3 heteroatoms. The van der Waals surface area contributed by atoms with E-state index in [0.717, 1.165) is 0 Å². The fourth-order valence-electron chi connectivity index (χ4n) is 2.59. The van der Waals surface area contributed by atoms with Gasteiger partial charge in [0.25, 0.3) is 0 Å². The van der Waals surface area contributed by atoms with Crippen molar-refractivity contribution in [2.75, 3.05) is 6.66 Å². The number of nitrogens with zero attached hydrogens (tertiary/aromatic N) is 1. The molecule has 0 amide bonds. The molecule has 1 aromatic heterocycles. The summed E-state index contributed by atoms with van der Waals surface area (Å²) in [5.74, 6) is 0. The summed E-state index contributed by atoms with van der Waals surface area (Å²) in [5, 5.41) is 3.58. The predicted molar refractivity (Wildman–Crippen MR) is 73.8 cm³/mol. The van der Waals surface area contributed by atoms with Crippen LogP contribution in [0, 0.1) is 0 Å². The first-order chi connectivity index (χ1) is 8.05. The number of aromatic nitrogens is 2. The quantitative estimate of drug-likeness (QED) is 0.619. The summed E-state index contributed by atoms with van der Waals surface area (Å²) in [6, 6.07) is 8.73. The molecule has 1 heterocycles. The zero-order valence-corrected chi connectivity index (χ0v) is 11.4. The van der Waals surface area contributed by atoms with Crippen molar-refractivity contribution < 1.29 is 4.68 Å². The van der Waals surface area contributed by atoms with Crippen LogP contribution >= 0.6 is 7.55 Å². The average molecular weight is 244 g/mol. The first-order valence-electron chi connectivity index (χ1n) is 5.78. The van der Waals surface area contributed by atoms with Crippen LogP contribution in [0.2, 0.25) is 0 Å². The summed E-state index contributed by atoms with van der Waals surface area (Å²) in [5.41, 5.74) is 5.51. The summed E-state index contributed by atoms with van der Waals surface area (Å²) >= 11 is 0. The number of hydrogen-bond acceptors (Lipinski definition) is 0. The third kappa shape index (κ3) is 1.34. The van der Waals surface area contributed by atoms with E-state index in [1.165, 1.54) is 22.4 Å². The Bertz CT molecular complexity index is 627. The minimum absolute atomic E-state index is 0.228. The van der Waals surface area contributed by atoms with E-state index in [1.54, 1.807) is 0 Å². The first-order valence-corrected chi connectivity index (χ1v) is 7.76. The van der Waals surface area contributed by atoms with E-state index >= 15 is 0 Å². The van der Waals surface area contributed by atoms with Crippen LogP contribution in [0.25, 0.3) is 11.3 Å². The lowest BCUT2D eigenvalue weighted by atomic mass is 10.1. The van der Waals surface area contributed by atoms with Crippen molar-refractivity contribution in [2.24, 2.45) is 7.05 Å². The van der Waals surface area contributed by atoms with Gasteiger partial charge >= 0.3 is 0 Å². The van der Waals surface area contributed by atoms with Gasteiger partial charge < -0.3 is 0 Å². The van der Waals surface area contributed by atoms with Gasteiger partial charge in [-0.3, -0.25) is 0 Å². The predicted octanol–water partition coefficient (Wildman–Crippen LogP) is 2.63. The molecular weight excluding hydrogens is 227 g/mol. The number of nitrogens with one attached hydrogen (secondary N) is 1. The maximum Gasteiger partial charge on any atom is 0.195 e. The highest BCUT2D eigenvalue weighted by Gasteiger charge is 2.57. The van der Waals surface area contributed by atoms with Crippen molar-refractivity contribution in [3.63, 3.8) is 0 Å². The molecule has 86 valence electrons. The molecule has 1 N–H and O–H groups in total. The summed E-state index contributed by atoms with van der Waals surface area (Å²) in [7, 11) is 1.78. The maximum atomic E-state index is 4.28. The molecule has 0 bridgehead atoms. The Labute approximate surface area is 103 Å². The van der Waals surface area contributed by atoms with Gasteiger partial charge in [-0.05, 0) is 6.92 Å². The summed E-state index contributed by atoms with van der Waals surface area (Å²) in [6.45, 7) is 4.58. The Balaban J connectivity index is 2.16. The largest absolute Gasteiger partial charge is 0.195 e. The van der Waals surface area contributed by atoms with Gasteiger partial charge in [0, 0.05) is 22.8 Å². The number of fused-ring (bicyclic) bond motifs is 1. The second kappa shape index (κ2) is 3.30. The second-order valence-corrected chi connectivity index (χ2v) is 7.24. The van der Waals surface area contributed by atoms with Crippen molar-refractivity contribution in [3.8, 4) is 11.3 Å². The third-order valence-electron chi connectivity index (χ3n) is 3.83. The molecule has 2 unspecified atom stereocenters. The zero-order valence-electron chi connectivity index (χ0n) is 10.5. The van der Waals surface area contributed by atoms with E-state index in [1.807, 2.05) is 17.9 Å². The van der Waals surface area contributed by atoms with Crippen LogP contribution in [0.15, 0.2) is 30.5 Å². The standard InChI is InChI=1S/C14H16N2P/c1-14(17(3)4)11-7-5-6-10(13(11)14)12-8-9-16(2)15-12/h5-9H,3H2,1-2,4H3/q+1/p+1. The second-order valence-electron chi connectivity index (χ2n) is 4.95. The molecule has 0 fully saturated rings. The maximum absolute atomic E-state index is 4.28. The van der Waals surface area contributed by atoms with E-state index in [0.29, 0.717) is 0 Å². The number of aryl methyl sites for hydroxylation is 1. The van der Waals surface area contributed by atoms with Gasteiger partial charge in [0.05, 0.1) is 20.5 Å². The van der Waals surface area contributed by atoms with Crippen molar-refractivity contribution in [2.45, 2.75) is 12.1 Å². The highest BCUT2D eigenvalue weighted by molar-refractivity contribution is 7.57. The topological polar surface area (TPSA) is 19.7 Å². The van der Waals surface area contributed by atoms with E-state index in [2.05, 4.69) is 49.3 Å². The normalized spacial score (nSPS) is 22.2. The number of rotatable bonds is 2. The van der Waals surface area contributed by atoms with E-state index < -0.39 is 0 Å². The van der Waals surface area contributed by atoms with Crippen molar-refractivity contribution in [3.05, 3.63) is 41.6 Å². The lowest BCUT2D eigenvalue weighted by molar-refractivity contribution is -0.726. The SMILES string of the molecule is C=[P+](C)C1(C)c2cccc(-c3cc[n+](C)[nH]3)c21. The third-order valence-corrected chi connectivity index (χ3v) is 5.82. The Morgan fingerprint density at radius 3 is 2.71 bits per heavy atom. The van der Waals surface area contributed by atoms with Crippen LogP contribution in [0.1, 0.15) is 18.1 Å². The monoisotopic (exact) mass is 244 g/mol. The van der Waals surface area contributed by atoms with Gasteiger partial charge in [-0.25, -0.2) is 0 Å². The van der Waals surface area contributed by atoms with Gasteiger partial charge in [-0.2, -0.15) is 5.10 Å². The smallest absolute Gasteiger partial charge is 0.165 e. The van der Waals surface area contributed by atoms with Crippen LogP contribution in [-0.2, 0) is 12.2 Å². The van der Waals surface area contributed by atoms with Crippen LogP contribution in [0.4, 0.5) is 0 Å². The number of H-pyrrole nitrogens is 1. The molecule has 2 atom stereocenters. The van der Waals surface area contributed by atoms with Crippen molar-refractivity contribution in [1.82, 2.24) is 5.10 Å². The molecule has 17 heavy (non-hydrogen) atoms. The van der Waals surface area contributed by atoms with E-state index in [-0.39, 0.29) is 12.7 Å². The van der Waals surface area contributed by atoms with Crippen LogP contribution in [-0.4, -0.2) is 18.1 Å². The van der Waals surface area contributed by atoms with Gasteiger partial charge in [-0.15, -0.1) is 4.68 Å². The minimum atomic E-state index is -0.228. The molecule has 0 radical (unpaired) electrons. The Kier molecular flexibility index (Phi) is 2.08. The molecule has 2 aromatic rings. The first kappa shape index (κ1) is 10.7.